The lowest BCUT2D eigenvalue weighted by Crippen LogP contribution is -2.41. The number of amides is 1. The number of hydrogen-bond donors (Lipinski definition) is 0. The molecular formula is C15H22N2O2. The number of pyridine rings is 1. The van der Waals surface area contributed by atoms with E-state index in [4.69, 9.17) is 4.74 Å². The molecule has 0 radical (unpaired) electrons. The summed E-state index contributed by atoms with van der Waals surface area (Å²) in [5.74, 6) is 0. The molecule has 1 aliphatic carbocycles. The number of rotatable bonds is 2. The molecule has 0 bridgehead atoms. The van der Waals surface area contributed by atoms with E-state index >= 15 is 0 Å². The predicted molar refractivity (Wildman–Crippen MR) is 73.9 cm³/mol. The molecule has 1 amide bonds. The quantitative estimate of drug-likeness (QED) is 0.821. The van der Waals surface area contributed by atoms with Gasteiger partial charge in [0.15, 0.2) is 0 Å². The SMILES string of the molecule is Cc1ccc(C2(N(C)C(=O)OC(C)(C)C)CC2)nc1. The number of aryl methyl sites for hydroxylation is 1. The van der Waals surface area contributed by atoms with Crippen molar-refractivity contribution in [1.29, 1.82) is 0 Å². The number of hydrogen-bond acceptors (Lipinski definition) is 3. The van der Waals surface area contributed by atoms with Gasteiger partial charge in [0.25, 0.3) is 0 Å². The third kappa shape index (κ3) is 2.88. The van der Waals surface area contributed by atoms with Crippen LogP contribution in [0.25, 0.3) is 0 Å². The van der Waals surface area contributed by atoms with Crippen molar-refractivity contribution in [2.45, 2.75) is 51.7 Å². The van der Waals surface area contributed by atoms with Gasteiger partial charge in [0.1, 0.15) is 5.60 Å². The Morgan fingerprint density at radius 2 is 2.00 bits per heavy atom. The highest BCUT2D eigenvalue weighted by atomic mass is 16.6. The first-order valence-corrected chi connectivity index (χ1v) is 6.65. The van der Waals surface area contributed by atoms with Crippen molar-refractivity contribution in [2.24, 2.45) is 0 Å². The zero-order valence-electron chi connectivity index (χ0n) is 12.4. The highest BCUT2D eigenvalue weighted by Gasteiger charge is 2.52. The molecule has 1 fully saturated rings. The summed E-state index contributed by atoms with van der Waals surface area (Å²) in [7, 11) is 1.79. The van der Waals surface area contributed by atoms with E-state index in [2.05, 4.69) is 4.98 Å². The van der Waals surface area contributed by atoms with Crippen LogP contribution in [0, 0.1) is 6.92 Å². The van der Waals surface area contributed by atoms with Crippen molar-refractivity contribution in [3.8, 4) is 0 Å². The molecule has 2 rings (SSSR count). The molecule has 104 valence electrons. The fourth-order valence-corrected chi connectivity index (χ4v) is 2.13. The van der Waals surface area contributed by atoms with Gasteiger partial charge in [0, 0.05) is 13.2 Å². The van der Waals surface area contributed by atoms with Crippen molar-refractivity contribution in [2.75, 3.05) is 7.05 Å². The third-order valence-electron chi connectivity index (χ3n) is 3.42. The Bertz CT molecular complexity index is 470. The zero-order valence-corrected chi connectivity index (χ0v) is 12.4. The summed E-state index contributed by atoms with van der Waals surface area (Å²) < 4.78 is 5.43. The maximum atomic E-state index is 12.2. The molecule has 19 heavy (non-hydrogen) atoms. The second kappa shape index (κ2) is 4.51. The van der Waals surface area contributed by atoms with Gasteiger partial charge >= 0.3 is 6.09 Å². The van der Waals surface area contributed by atoms with Crippen LogP contribution in [0.2, 0.25) is 0 Å². The smallest absolute Gasteiger partial charge is 0.410 e. The van der Waals surface area contributed by atoms with Crippen LogP contribution in [0.4, 0.5) is 4.79 Å². The van der Waals surface area contributed by atoms with Gasteiger partial charge in [-0.3, -0.25) is 9.88 Å². The fraction of sp³-hybridized carbons (Fsp3) is 0.600. The Hall–Kier alpha value is -1.58. The summed E-state index contributed by atoms with van der Waals surface area (Å²) in [5, 5.41) is 0. The second-order valence-corrected chi connectivity index (χ2v) is 6.29. The molecule has 1 aliphatic rings. The van der Waals surface area contributed by atoms with Crippen molar-refractivity contribution in [3.05, 3.63) is 29.6 Å². The molecule has 0 spiro atoms. The summed E-state index contributed by atoms with van der Waals surface area (Å²) in [6, 6.07) is 4.04. The Kier molecular flexibility index (Phi) is 3.29. The minimum atomic E-state index is -0.470. The lowest BCUT2D eigenvalue weighted by Gasteiger charge is -2.30. The van der Waals surface area contributed by atoms with Gasteiger partial charge in [-0.25, -0.2) is 4.79 Å². The molecule has 1 saturated carbocycles. The summed E-state index contributed by atoms with van der Waals surface area (Å²) in [6.45, 7) is 7.64. The monoisotopic (exact) mass is 262 g/mol. The van der Waals surface area contributed by atoms with E-state index in [0.29, 0.717) is 0 Å². The van der Waals surface area contributed by atoms with E-state index in [1.54, 1.807) is 11.9 Å². The highest BCUT2D eigenvalue weighted by molar-refractivity contribution is 5.70. The number of carbonyl (C=O) groups excluding carboxylic acids is 1. The van der Waals surface area contributed by atoms with Crippen LogP contribution in [0.3, 0.4) is 0 Å². The van der Waals surface area contributed by atoms with E-state index in [9.17, 15) is 4.79 Å². The Morgan fingerprint density at radius 1 is 1.37 bits per heavy atom. The van der Waals surface area contributed by atoms with Gasteiger partial charge < -0.3 is 4.74 Å². The molecule has 0 aromatic carbocycles. The van der Waals surface area contributed by atoms with E-state index in [1.807, 2.05) is 46.0 Å². The van der Waals surface area contributed by atoms with Crippen LogP contribution >= 0.6 is 0 Å². The maximum Gasteiger partial charge on any atom is 0.410 e. The minimum absolute atomic E-state index is 0.268. The average molecular weight is 262 g/mol. The van der Waals surface area contributed by atoms with Crippen LogP contribution in [0.15, 0.2) is 18.3 Å². The topological polar surface area (TPSA) is 42.4 Å². The molecule has 1 aromatic heterocycles. The number of nitrogens with zero attached hydrogens (tertiary/aromatic N) is 2. The first kappa shape index (κ1) is 13.8. The molecule has 0 atom stereocenters. The summed E-state index contributed by atoms with van der Waals surface area (Å²) in [5.41, 5.74) is 1.34. The molecule has 1 heterocycles. The van der Waals surface area contributed by atoms with E-state index in [0.717, 1.165) is 24.1 Å². The Labute approximate surface area is 114 Å². The molecule has 1 aromatic rings. The largest absolute Gasteiger partial charge is 0.444 e. The van der Waals surface area contributed by atoms with Crippen LogP contribution in [0.1, 0.15) is 44.9 Å². The first-order chi connectivity index (χ1) is 8.74. The van der Waals surface area contributed by atoms with Crippen molar-refractivity contribution in [1.82, 2.24) is 9.88 Å². The molecule has 4 nitrogen and oxygen atoms in total. The summed E-state index contributed by atoms with van der Waals surface area (Å²) >= 11 is 0. The molecule has 4 heteroatoms. The van der Waals surface area contributed by atoms with Crippen molar-refractivity contribution >= 4 is 6.09 Å². The fourth-order valence-electron chi connectivity index (χ4n) is 2.13. The lowest BCUT2D eigenvalue weighted by molar-refractivity contribution is 0.0185. The van der Waals surface area contributed by atoms with Gasteiger partial charge in [-0.1, -0.05) is 6.07 Å². The number of carbonyl (C=O) groups is 1. The van der Waals surface area contributed by atoms with Gasteiger partial charge in [-0.2, -0.15) is 0 Å². The summed E-state index contributed by atoms with van der Waals surface area (Å²) in [6.07, 6.45) is 3.45. The summed E-state index contributed by atoms with van der Waals surface area (Å²) in [4.78, 5) is 18.3. The van der Waals surface area contributed by atoms with Crippen LogP contribution in [-0.4, -0.2) is 28.6 Å². The van der Waals surface area contributed by atoms with E-state index in [1.165, 1.54) is 0 Å². The maximum absolute atomic E-state index is 12.2. The second-order valence-electron chi connectivity index (χ2n) is 6.29. The lowest BCUT2D eigenvalue weighted by atomic mass is 10.1. The van der Waals surface area contributed by atoms with E-state index in [-0.39, 0.29) is 11.6 Å². The highest BCUT2D eigenvalue weighted by Crippen LogP contribution is 2.49. The Morgan fingerprint density at radius 3 is 2.42 bits per heavy atom. The average Bonchev–Trinajstić information content (AvgIpc) is 3.08. The standard InChI is InChI=1S/C15H22N2O2/c1-11-6-7-12(16-10-11)15(8-9-15)17(5)13(18)19-14(2,3)4/h6-7,10H,8-9H2,1-5H3. The predicted octanol–water partition coefficient (Wildman–Crippen LogP) is 3.25. The number of ether oxygens (including phenoxy) is 1. The zero-order chi connectivity index (χ0) is 14.3. The number of aromatic nitrogens is 1. The minimum Gasteiger partial charge on any atom is -0.444 e. The van der Waals surface area contributed by atoms with Crippen LogP contribution < -0.4 is 0 Å². The van der Waals surface area contributed by atoms with Gasteiger partial charge in [0.2, 0.25) is 0 Å². The van der Waals surface area contributed by atoms with Crippen LogP contribution in [-0.2, 0) is 10.3 Å². The normalized spacial score (nSPS) is 16.9. The molecule has 0 aliphatic heterocycles. The Balaban J connectivity index is 2.16. The molecule has 0 unspecified atom stereocenters. The molecular weight excluding hydrogens is 240 g/mol. The van der Waals surface area contributed by atoms with E-state index < -0.39 is 5.60 Å². The van der Waals surface area contributed by atoms with Crippen LogP contribution in [0.5, 0.6) is 0 Å². The molecule has 0 N–H and O–H groups in total. The van der Waals surface area contributed by atoms with Gasteiger partial charge in [0.05, 0.1) is 11.2 Å². The van der Waals surface area contributed by atoms with Gasteiger partial charge in [-0.15, -0.1) is 0 Å². The van der Waals surface area contributed by atoms with Crippen molar-refractivity contribution < 1.29 is 9.53 Å². The molecule has 0 saturated heterocycles. The first-order valence-electron chi connectivity index (χ1n) is 6.65. The van der Waals surface area contributed by atoms with Crippen molar-refractivity contribution in [3.63, 3.8) is 0 Å². The third-order valence-corrected chi connectivity index (χ3v) is 3.42. The van der Waals surface area contributed by atoms with Gasteiger partial charge in [-0.05, 0) is 52.2 Å².